The fraction of sp³-hybridized carbons (Fsp3) is 0.0769. The number of fused-ring (bicyclic) bond motifs is 1. The molecule has 4 rings (SSSR count). The van der Waals surface area contributed by atoms with E-state index < -0.39 is 11.7 Å². The number of para-hydroxylation sites is 1. The maximum Gasteiger partial charge on any atom is 0.418 e. The van der Waals surface area contributed by atoms with E-state index >= 15 is 0 Å². The number of halogens is 3. The van der Waals surface area contributed by atoms with Crippen molar-refractivity contribution in [2.75, 3.05) is 5.32 Å². The van der Waals surface area contributed by atoms with Gasteiger partial charge in [-0.2, -0.15) is 13.2 Å². The molecule has 6 heteroatoms. The fourth-order valence-electron chi connectivity index (χ4n) is 3.70. The van der Waals surface area contributed by atoms with Crippen molar-refractivity contribution in [3.05, 3.63) is 102 Å². The topological polar surface area (TPSA) is 42.0 Å². The van der Waals surface area contributed by atoms with E-state index in [-0.39, 0.29) is 16.5 Å². The number of alkyl halides is 3. The molecule has 0 aliphatic rings. The van der Waals surface area contributed by atoms with Crippen LogP contribution in [0.25, 0.3) is 28.1 Å². The van der Waals surface area contributed by atoms with Crippen molar-refractivity contribution in [1.29, 1.82) is 0 Å². The number of anilines is 1. The number of pyridine rings is 1. The van der Waals surface area contributed by atoms with Gasteiger partial charge in [-0.1, -0.05) is 61.2 Å². The van der Waals surface area contributed by atoms with Crippen LogP contribution >= 0.6 is 0 Å². The van der Waals surface area contributed by atoms with Crippen molar-refractivity contribution in [3.8, 4) is 11.1 Å². The van der Waals surface area contributed by atoms with Gasteiger partial charge in [0, 0.05) is 34.9 Å². The molecule has 1 heterocycles. The van der Waals surface area contributed by atoms with Gasteiger partial charge in [-0.3, -0.25) is 9.78 Å². The molecule has 0 atom stereocenters. The Morgan fingerprint density at radius 2 is 1.78 bits per heavy atom. The third-order valence-electron chi connectivity index (χ3n) is 5.19. The second kappa shape index (κ2) is 8.67. The average molecular weight is 432 g/mol. The van der Waals surface area contributed by atoms with Gasteiger partial charge in [0.05, 0.1) is 11.1 Å². The van der Waals surface area contributed by atoms with Crippen LogP contribution in [0.3, 0.4) is 0 Å². The number of carbonyl (C=O) groups is 1. The van der Waals surface area contributed by atoms with Crippen LogP contribution in [-0.2, 0) is 12.7 Å². The fourth-order valence-corrected chi connectivity index (χ4v) is 3.70. The molecule has 0 unspecified atom stereocenters. The lowest BCUT2D eigenvalue weighted by Gasteiger charge is -2.15. The molecule has 3 aromatic carbocycles. The molecular weight excluding hydrogens is 413 g/mol. The van der Waals surface area contributed by atoms with E-state index in [1.165, 1.54) is 12.3 Å². The van der Waals surface area contributed by atoms with Crippen molar-refractivity contribution in [2.45, 2.75) is 12.7 Å². The van der Waals surface area contributed by atoms with Crippen molar-refractivity contribution >= 4 is 29.0 Å². The molecule has 32 heavy (non-hydrogen) atoms. The Hall–Kier alpha value is -3.93. The van der Waals surface area contributed by atoms with E-state index in [0.29, 0.717) is 24.0 Å². The maximum atomic E-state index is 13.5. The van der Waals surface area contributed by atoms with Gasteiger partial charge in [0.25, 0.3) is 0 Å². The van der Waals surface area contributed by atoms with E-state index in [1.54, 1.807) is 24.3 Å². The zero-order valence-electron chi connectivity index (χ0n) is 17.0. The summed E-state index contributed by atoms with van der Waals surface area (Å²) in [6, 6.07) is 19.1. The molecule has 0 fully saturated rings. The molecule has 0 amide bonds. The average Bonchev–Trinajstić information content (AvgIpc) is 2.81. The second-order valence-corrected chi connectivity index (χ2v) is 7.29. The Kier molecular flexibility index (Phi) is 5.77. The van der Waals surface area contributed by atoms with Gasteiger partial charge < -0.3 is 5.32 Å². The van der Waals surface area contributed by atoms with Crippen LogP contribution < -0.4 is 5.32 Å². The van der Waals surface area contributed by atoms with E-state index in [1.807, 2.05) is 36.4 Å². The summed E-state index contributed by atoms with van der Waals surface area (Å²) in [6.07, 6.45) is -0.964. The van der Waals surface area contributed by atoms with Gasteiger partial charge in [-0.25, -0.2) is 0 Å². The van der Waals surface area contributed by atoms with Crippen LogP contribution in [0.4, 0.5) is 18.9 Å². The Morgan fingerprint density at radius 3 is 2.53 bits per heavy atom. The Bertz CT molecular complexity index is 1310. The summed E-state index contributed by atoms with van der Waals surface area (Å²) >= 11 is 0. The molecule has 4 aromatic rings. The lowest BCUT2D eigenvalue weighted by Crippen LogP contribution is -2.07. The zero-order valence-corrected chi connectivity index (χ0v) is 17.0. The van der Waals surface area contributed by atoms with Crippen LogP contribution in [0.15, 0.2) is 79.5 Å². The largest absolute Gasteiger partial charge is 0.418 e. The predicted molar refractivity (Wildman–Crippen MR) is 121 cm³/mol. The highest BCUT2D eigenvalue weighted by molar-refractivity contribution is 6.03. The number of hydrogen-bond donors (Lipinski definition) is 1. The summed E-state index contributed by atoms with van der Waals surface area (Å²) in [6.45, 7) is 4.33. The highest BCUT2D eigenvalue weighted by Gasteiger charge is 2.33. The zero-order chi connectivity index (χ0) is 22.7. The number of hydrogen-bond acceptors (Lipinski definition) is 3. The first-order valence-electron chi connectivity index (χ1n) is 9.90. The number of carbonyl (C=O) groups excluding carboxylic acids is 1. The van der Waals surface area contributed by atoms with Gasteiger partial charge in [-0.05, 0) is 34.9 Å². The number of benzene rings is 3. The van der Waals surface area contributed by atoms with Crippen molar-refractivity contribution < 1.29 is 18.0 Å². The Labute approximate surface area is 183 Å². The molecule has 0 aliphatic carbocycles. The summed E-state index contributed by atoms with van der Waals surface area (Å²) < 4.78 is 40.5. The number of aldehydes is 1. The highest BCUT2D eigenvalue weighted by atomic mass is 19.4. The van der Waals surface area contributed by atoms with Gasteiger partial charge in [0.15, 0.2) is 6.29 Å². The summed E-state index contributed by atoms with van der Waals surface area (Å²) in [5.74, 6) is 0. The van der Waals surface area contributed by atoms with Gasteiger partial charge in [-0.15, -0.1) is 0 Å². The number of rotatable bonds is 6. The molecule has 0 saturated heterocycles. The van der Waals surface area contributed by atoms with E-state index in [2.05, 4.69) is 16.9 Å². The lowest BCUT2D eigenvalue weighted by atomic mass is 9.95. The summed E-state index contributed by atoms with van der Waals surface area (Å²) in [4.78, 5) is 15.6. The normalized spacial score (nSPS) is 11.3. The SMILES string of the molecule is C=Cc1cccc(CNc2cccc(-c3c(C=O)cnc4c(C(F)(F)F)cccc34)c2)c1. The Morgan fingerprint density at radius 1 is 1.00 bits per heavy atom. The van der Waals surface area contributed by atoms with Gasteiger partial charge >= 0.3 is 6.18 Å². The standard InChI is InChI=1S/C26H19F3N2O/c1-2-17-6-3-7-18(12-17)14-30-21-9-4-8-19(13-21)24-20(16-32)15-31-25-22(24)10-5-11-23(25)26(27,28)29/h2-13,15-16,30H,1,14H2. The maximum absolute atomic E-state index is 13.5. The first-order valence-corrected chi connectivity index (χ1v) is 9.90. The summed E-state index contributed by atoms with van der Waals surface area (Å²) in [5, 5.41) is 3.60. The molecule has 0 aliphatic heterocycles. The smallest absolute Gasteiger partial charge is 0.381 e. The minimum absolute atomic E-state index is 0.180. The highest BCUT2D eigenvalue weighted by Crippen LogP contribution is 2.38. The van der Waals surface area contributed by atoms with Crippen LogP contribution in [-0.4, -0.2) is 11.3 Å². The molecule has 1 N–H and O–H groups in total. The van der Waals surface area contributed by atoms with Gasteiger partial charge in [0.2, 0.25) is 0 Å². The van der Waals surface area contributed by atoms with Gasteiger partial charge in [0.1, 0.15) is 0 Å². The number of nitrogens with zero attached hydrogens (tertiary/aromatic N) is 1. The van der Waals surface area contributed by atoms with Crippen LogP contribution in [0, 0.1) is 0 Å². The Balaban J connectivity index is 1.75. The lowest BCUT2D eigenvalue weighted by molar-refractivity contribution is -0.136. The second-order valence-electron chi connectivity index (χ2n) is 7.29. The molecule has 0 spiro atoms. The van der Waals surface area contributed by atoms with Crippen LogP contribution in [0.5, 0.6) is 0 Å². The number of aromatic nitrogens is 1. The first-order chi connectivity index (χ1) is 15.4. The first kappa shape index (κ1) is 21.3. The minimum Gasteiger partial charge on any atom is -0.381 e. The molecule has 0 radical (unpaired) electrons. The van der Waals surface area contributed by atoms with Crippen molar-refractivity contribution in [2.24, 2.45) is 0 Å². The third kappa shape index (κ3) is 4.25. The van der Waals surface area contributed by atoms with Crippen molar-refractivity contribution in [1.82, 2.24) is 4.98 Å². The predicted octanol–water partition coefficient (Wildman–Crippen LogP) is 6.99. The summed E-state index contributed by atoms with van der Waals surface area (Å²) in [5.41, 5.74) is 3.12. The molecule has 1 aromatic heterocycles. The minimum atomic E-state index is -4.55. The molecule has 160 valence electrons. The van der Waals surface area contributed by atoms with E-state index in [9.17, 15) is 18.0 Å². The molecule has 0 saturated carbocycles. The third-order valence-corrected chi connectivity index (χ3v) is 5.19. The van der Waals surface area contributed by atoms with Crippen molar-refractivity contribution in [3.63, 3.8) is 0 Å². The van der Waals surface area contributed by atoms with E-state index in [0.717, 1.165) is 22.9 Å². The molecule has 0 bridgehead atoms. The summed E-state index contributed by atoms with van der Waals surface area (Å²) in [7, 11) is 0. The number of nitrogens with one attached hydrogen (secondary N) is 1. The molecular formula is C26H19F3N2O. The van der Waals surface area contributed by atoms with E-state index in [4.69, 9.17) is 0 Å². The van der Waals surface area contributed by atoms with Crippen LogP contribution in [0.2, 0.25) is 0 Å². The van der Waals surface area contributed by atoms with Crippen LogP contribution in [0.1, 0.15) is 27.0 Å². The quantitative estimate of drug-likeness (QED) is 0.334. The monoisotopic (exact) mass is 432 g/mol. The molecule has 3 nitrogen and oxygen atoms in total.